The Morgan fingerprint density at radius 3 is 2.69 bits per heavy atom. The number of nitrogens with zero attached hydrogens (tertiary/aromatic N) is 4. The summed E-state index contributed by atoms with van der Waals surface area (Å²) < 4.78 is 1.80. The molecule has 0 radical (unpaired) electrons. The van der Waals surface area contributed by atoms with E-state index in [2.05, 4.69) is 26.3 Å². The fourth-order valence-corrected chi connectivity index (χ4v) is 3.72. The molecule has 2 N–H and O–H groups in total. The number of H-pyrrole nitrogens is 2. The second kappa shape index (κ2) is 6.63. The van der Waals surface area contributed by atoms with Crippen LogP contribution in [-0.2, 0) is 13.5 Å². The molecule has 0 saturated carbocycles. The first-order chi connectivity index (χ1) is 14.1. The average molecular weight is 384 g/mol. The molecule has 0 bridgehead atoms. The molecule has 5 rings (SSSR count). The lowest BCUT2D eigenvalue weighted by Crippen LogP contribution is -2.14. The number of fused-ring (bicyclic) bond motifs is 2. The first-order valence-corrected chi connectivity index (χ1v) is 9.40. The molecule has 0 amide bonds. The molecule has 5 aromatic rings. The van der Waals surface area contributed by atoms with Crippen molar-refractivity contribution in [3.63, 3.8) is 0 Å². The number of Topliss-reactive ketones (excluding diaryl/α,β-unsaturated/α-hetero) is 1. The summed E-state index contributed by atoms with van der Waals surface area (Å²) in [5.74, 6) is 1.82. The van der Waals surface area contributed by atoms with Crippen molar-refractivity contribution >= 4 is 39.2 Å². The van der Waals surface area contributed by atoms with Crippen molar-refractivity contribution < 1.29 is 4.79 Å². The van der Waals surface area contributed by atoms with Gasteiger partial charge >= 0.3 is 0 Å². The first kappa shape index (κ1) is 17.2. The Morgan fingerprint density at radius 2 is 1.93 bits per heavy atom. The normalized spacial score (nSPS) is 11.4. The van der Waals surface area contributed by atoms with Crippen molar-refractivity contribution in [3.8, 4) is 0 Å². The van der Waals surface area contributed by atoms with Crippen molar-refractivity contribution in [2.24, 2.45) is 7.05 Å². The van der Waals surface area contributed by atoms with E-state index in [4.69, 9.17) is 0 Å². The van der Waals surface area contributed by atoms with Crippen LogP contribution < -0.4 is 4.90 Å². The van der Waals surface area contributed by atoms with Crippen LogP contribution >= 0.6 is 0 Å². The van der Waals surface area contributed by atoms with Gasteiger partial charge in [0.05, 0.1) is 17.4 Å². The van der Waals surface area contributed by atoms with Crippen LogP contribution in [0.1, 0.15) is 16.1 Å². The summed E-state index contributed by atoms with van der Waals surface area (Å²) in [7, 11) is 3.86. The Bertz CT molecular complexity index is 1330. The van der Waals surface area contributed by atoms with Crippen molar-refractivity contribution in [3.05, 3.63) is 72.1 Å². The van der Waals surface area contributed by atoms with Gasteiger partial charge in [0.15, 0.2) is 11.6 Å². The lowest BCUT2D eigenvalue weighted by atomic mass is 10.1. The van der Waals surface area contributed by atoms with Crippen molar-refractivity contribution in [2.45, 2.75) is 6.42 Å². The quantitative estimate of drug-likeness (QED) is 0.449. The molecular weight excluding hydrogens is 364 g/mol. The zero-order valence-corrected chi connectivity index (χ0v) is 16.2. The van der Waals surface area contributed by atoms with Crippen LogP contribution in [0.15, 0.2) is 60.8 Å². The van der Waals surface area contributed by atoms with Gasteiger partial charge in [-0.1, -0.05) is 30.3 Å². The van der Waals surface area contributed by atoms with E-state index in [-0.39, 0.29) is 5.78 Å². The summed E-state index contributed by atoms with van der Waals surface area (Å²) in [6, 6.07) is 17.7. The second-order valence-corrected chi connectivity index (χ2v) is 7.17. The molecule has 0 atom stereocenters. The van der Waals surface area contributed by atoms with Gasteiger partial charge in [0.25, 0.3) is 0 Å². The number of carbonyl (C=O) groups excluding carboxylic acids is 1. The minimum Gasteiger partial charge on any atom is -0.352 e. The molecular formula is C22H20N6O. The number of aromatic amines is 2. The van der Waals surface area contributed by atoms with Crippen LogP contribution in [0, 0.1) is 0 Å². The van der Waals surface area contributed by atoms with E-state index in [1.54, 1.807) is 10.9 Å². The highest BCUT2D eigenvalue weighted by Crippen LogP contribution is 2.31. The van der Waals surface area contributed by atoms with Crippen LogP contribution in [0.4, 0.5) is 11.6 Å². The number of aryl methyl sites for hydroxylation is 1. The molecule has 0 aliphatic rings. The van der Waals surface area contributed by atoms with E-state index < -0.39 is 0 Å². The molecule has 0 aliphatic heterocycles. The molecule has 2 aromatic carbocycles. The van der Waals surface area contributed by atoms with Crippen LogP contribution in [-0.4, -0.2) is 37.8 Å². The third kappa shape index (κ3) is 2.97. The average Bonchev–Trinajstić information content (AvgIpc) is 3.44. The van der Waals surface area contributed by atoms with E-state index in [1.165, 1.54) is 0 Å². The number of nitrogens with one attached hydrogen (secondary N) is 2. The molecule has 0 aliphatic carbocycles. The zero-order valence-electron chi connectivity index (χ0n) is 16.2. The Balaban J connectivity index is 1.52. The maximum absolute atomic E-state index is 12.7. The number of aromatic nitrogens is 5. The predicted molar refractivity (Wildman–Crippen MR) is 114 cm³/mol. The summed E-state index contributed by atoms with van der Waals surface area (Å²) in [5.41, 5.74) is 3.44. The summed E-state index contributed by atoms with van der Waals surface area (Å²) in [6.45, 7) is 0. The predicted octanol–water partition coefficient (Wildman–Crippen LogP) is 3.97. The van der Waals surface area contributed by atoms with Gasteiger partial charge in [-0.2, -0.15) is 10.2 Å². The van der Waals surface area contributed by atoms with Crippen LogP contribution in [0.2, 0.25) is 0 Å². The van der Waals surface area contributed by atoms with Gasteiger partial charge in [0, 0.05) is 42.9 Å². The summed E-state index contributed by atoms with van der Waals surface area (Å²) in [4.78, 5) is 18.0. The Morgan fingerprint density at radius 1 is 1.10 bits per heavy atom. The van der Waals surface area contributed by atoms with E-state index in [1.807, 2.05) is 67.5 Å². The fraction of sp³-hybridized carbons (Fsp3) is 0.136. The van der Waals surface area contributed by atoms with E-state index in [0.717, 1.165) is 39.0 Å². The number of benzene rings is 2. The summed E-state index contributed by atoms with van der Waals surface area (Å²) >= 11 is 0. The van der Waals surface area contributed by atoms with Gasteiger partial charge in [0.2, 0.25) is 0 Å². The molecule has 144 valence electrons. The molecule has 3 aromatic heterocycles. The Hall–Kier alpha value is -3.87. The Kier molecular flexibility index (Phi) is 3.94. The van der Waals surface area contributed by atoms with Crippen molar-refractivity contribution in [1.82, 2.24) is 25.0 Å². The highest BCUT2D eigenvalue weighted by atomic mass is 16.1. The van der Waals surface area contributed by atoms with Gasteiger partial charge in [-0.25, -0.2) is 0 Å². The highest BCUT2D eigenvalue weighted by molar-refractivity contribution is 6.05. The molecule has 0 saturated heterocycles. The summed E-state index contributed by atoms with van der Waals surface area (Å²) in [6.07, 6.45) is 2.14. The van der Waals surface area contributed by atoms with Gasteiger partial charge < -0.3 is 9.88 Å². The molecule has 7 heteroatoms. The topological polar surface area (TPSA) is 82.6 Å². The lowest BCUT2D eigenvalue weighted by Gasteiger charge is -2.16. The number of rotatable bonds is 5. The number of hydrogen-bond acceptors (Lipinski definition) is 4. The molecule has 7 nitrogen and oxygen atoms in total. The van der Waals surface area contributed by atoms with Gasteiger partial charge in [-0.15, -0.1) is 0 Å². The number of anilines is 2. The maximum Gasteiger partial charge on any atom is 0.183 e. The molecule has 3 heterocycles. The number of carbonyl (C=O) groups is 1. The fourth-order valence-electron chi connectivity index (χ4n) is 3.72. The number of hydrogen-bond donors (Lipinski definition) is 2. The minimum absolute atomic E-state index is 0.0708. The van der Waals surface area contributed by atoms with E-state index in [0.29, 0.717) is 12.1 Å². The van der Waals surface area contributed by atoms with Crippen molar-refractivity contribution in [1.29, 1.82) is 0 Å². The molecule has 0 unspecified atom stereocenters. The third-order valence-corrected chi connectivity index (χ3v) is 5.25. The van der Waals surface area contributed by atoms with Gasteiger partial charge in [-0.3, -0.25) is 14.6 Å². The molecule has 29 heavy (non-hydrogen) atoms. The van der Waals surface area contributed by atoms with Gasteiger partial charge in [0.1, 0.15) is 5.82 Å². The molecule has 0 spiro atoms. The zero-order chi connectivity index (χ0) is 20.0. The maximum atomic E-state index is 12.7. The second-order valence-electron chi connectivity index (χ2n) is 7.17. The third-order valence-electron chi connectivity index (χ3n) is 5.25. The molecule has 0 fully saturated rings. The highest BCUT2D eigenvalue weighted by Gasteiger charge is 2.17. The standard InChI is InChI=1S/C22H20N6O/c1-27(21-8-9-23-28(21)2)22-16-11-15-12-19(24-17(15)13-18(16)25-26-22)20(29)10-14-6-4-3-5-7-14/h3-9,11-13,24H,10H2,1-2H3,(H,25,26). The largest absolute Gasteiger partial charge is 0.352 e. The van der Waals surface area contributed by atoms with Crippen LogP contribution in [0.25, 0.3) is 21.8 Å². The number of ketones is 1. The van der Waals surface area contributed by atoms with Crippen molar-refractivity contribution in [2.75, 3.05) is 11.9 Å². The van der Waals surface area contributed by atoms with E-state index in [9.17, 15) is 4.79 Å². The minimum atomic E-state index is 0.0708. The monoisotopic (exact) mass is 384 g/mol. The van der Waals surface area contributed by atoms with Crippen LogP contribution in [0.3, 0.4) is 0 Å². The van der Waals surface area contributed by atoms with E-state index >= 15 is 0 Å². The smallest absolute Gasteiger partial charge is 0.183 e. The van der Waals surface area contributed by atoms with Crippen LogP contribution in [0.5, 0.6) is 0 Å². The van der Waals surface area contributed by atoms with Gasteiger partial charge in [-0.05, 0) is 23.8 Å². The first-order valence-electron chi connectivity index (χ1n) is 9.40. The lowest BCUT2D eigenvalue weighted by molar-refractivity contribution is 0.0989. The SMILES string of the molecule is CN(c1n[nH]c2cc3[nH]c(C(=O)Cc4ccccc4)cc3cc12)c1ccnn1C. The summed E-state index contributed by atoms with van der Waals surface area (Å²) in [5, 5.41) is 13.8. The Labute approximate surface area is 167 Å².